The van der Waals surface area contributed by atoms with Crippen LogP contribution >= 0.6 is 11.6 Å². The number of halogens is 1. The molecule has 2 bridgehead atoms. The molecule has 150 valence electrons. The highest BCUT2D eigenvalue weighted by atomic mass is 35.5. The normalized spacial score (nSPS) is 23.3. The van der Waals surface area contributed by atoms with E-state index in [4.69, 9.17) is 21.4 Å². The molecule has 1 aliphatic carbocycles. The topological polar surface area (TPSA) is 80.1 Å². The number of rotatable bonds is 2. The number of hydrogen-bond donors (Lipinski definition) is 2. The summed E-state index contributed by atoms with van der Waals surface area (Å²) in [5, 5.41) is 11.9. The summed E-state index contributed by atoms with van der Waals surface area (Å²) in [6, 6.07) is 1.36. The number of ether oxygens (including phenoxy) is 1. The summed E-state index contributed by atoms with van der Waals surface area (Å²) in [6.45, 7) is 6.86. The van der Waals surface area contributed by atoms with Gasteiger partial charge in [-0.05, 0) is 26.7 Å². The fourth-order valence-electron chi connectivity index (χ4n) is 4.06. The van der Waals surface area contributed by atoms with Crippen molar-refractivity contribution in [3.05, 3.63) is 16.9 Å². The second kappa shape index (κ2) is 7.08. The van der Waals surface area contributed by atoms with Crippen LogP contribution in [-0.2, 0) is 0 Å². The van der Waals surface area contributed by atoms with Crippen molar-refractivity contribution in [2.45, 2.75) is 57.7 Å². The first kappa shape index (κ1) is 18.0. The van der Waals surface area contributed by atoms with Crippen molar-refractivity contribution in [3.63, 3.8) is 0 Å². The molecule has 2 aliphatic heterocycles. The summed E-state index contributed by atoms with van der Waals surface area (Å²) in [7, 11) is 0. The zero-order valence-electron chi connectivity index (χ0n) is 16.3. The van der Waals surface area contributed by atoms with Crippen LogP contribution < -0.4 is 15.4 Å². The molecular weight excluding hydrogens is 378 g/mol. The number of anilines is 3. The molecule has 28 heavy (non-hydrogen) atoms. The van der Waals surface area contributed by atoms with E-state index in [0.29, 0.717) is 35.3 Å². The molecule has 0 spiro atoms. The third kappa shape index (κ3) is 3.18. The monoisotopic (exact) mass is 403 g/mol. The molecule has 2 fully saturated rings. The van der Waals surface area contributed by atoms with E-state index in [-0.39, 0.29) is 6.04 Å². The van der Waals surface area contributed by atoms with Gasteiger partial charge >= 0.3 is 0 Å². The van der Waals surface area contributed by atoms with Gasteiger partial charge in [0.1, 0.15) is 10.7 Å². The standard InChI is InChI=1S/C19H26ClN7O/c1-11-6-7-28-18-16(23-19-21-8-15(20)17(22-11)24-19)12(2)27(25-18)14-9-26(10-14)13-4-3-5-13/h8,11,13-14H,3-7,9-10H2,1-2H3,(H2,21,22,23,24). The van der Waals surface area contributed by atoms with Crippen LogP contribution in [0.2, 0.25) is 5.02 Å². The zero-order valence-corrected chi connectivity index (χ0v) is 17.0. The lowest BCUT2D eigenvalue weighted by Gasteiger charge is -2.47. The minimum atomic E-state index is 0.174. The summed E-state index contributed by atoms with van der Waals surface area (Å²) < 4.78 is 8.16. The molecule has 1 saturated heterocycles. The lowest BCUT2D eigenvalue weighted by atomic mass is 9.88. The highest BCUT2D eigenvalue weighted by Crippen LogP contribution is 2.37. The first-order valence-electron chi connectivity index (χ1n) is 10.1. The number of fused-ring (bicyclic) bond motifs is 3. The Kier molecular flexibility index (Phi) is 4.55. The average molecular weight is 404 g/mol. The van der Waals surface area contributed by atoms with Gasteiger partial charge in [0.05, 0.1) is 24.5 Å². The molecule has 3 aliphatic rings. The molecule has 1 atom stereocenters. The van der Waals surface area contributed by atoms with Crippen molar-refractivity contribution in [2.75, 3.05) is 30.3 Å². The largest absolute Gasteiger partial charge is 0.475 e. The Hall–Kier alpha value is -2.06. The van der Waals surface area contributed by atoms with Crippen molar-refractivity contribution in [1.29, 1.82) is 0 Å². The van der Waals surface area contributed by atoms with E-state index in [1.807, 2.05) is 0 Å². The maximum Gasteiger partial charge on any atom is 0.257 e. The minimum absolute atomic E-state index is 0.174. The van der Waals surface area contributed by atoms with Gasteiger partial charge in [0, 0.05) is 31.6 Å². The number of likely N-dealkylation sites (tertiary alicyclic amines) is 1. The van der Waals surface area contributed by atoms with Crippen molar-refractivity contribution in [3.8, 4) is 5.88 Å². The molecule has 1 saturated carbocycles. The Morgan fingerprint density at radius 1 is 1.21 bits per heavy atom. The van der Waals surface area contributed by atoms with E-state index in [1.165, 1.54) is 19.3 Å². The second-order valence-corrected chi connectivity index (χ2v) is 8.51. The number of hydrogen-bond acceptors (Lipinski definition) is 7. The predicted octanol–water partition coefficient (Wildman–Crippen LogP) is 3.37. The van der Waals surface area contributed by atoms with Crippen LogP contribution in [0.15, 0.2) is 6.20 Å². The maximum atomic E-state index is 6.25. The summed E-state index contributed by atoms with van der Waals surface area (Å²) in [5.41, 5.74) is 1.89. The Bertz CT molecular complexity index is 875. The van der Waals surface area contributed by atoms with E-state index >= 15 is 0 Å². The van der Waals surface area contributed by atoms with Crippen LogP contribution in [0.1, 0.15) is 44.3 Å². The summed E-state index contributed by atoms with van der Waals surface area (Å²) in [6.07, 6.45) is 6.49. The predicted molar refractivity (Wildman–Crippen MR) is 109 cm³/mol. The fraction of sp³-hybridized carbons (Fsp3) is 0.632. The minimum Gasteiger partial charge on any atom is -0.475 e. The van der Waals surface area contributed by atoms with Gasteiger partial charge in [-0.25, -0.2) is 4.98 Å². The average Bonchev–Trinajstić information content (AvgIpc) is 2.86. The molecule has 4 heterocycles. The van der Waals surface area contributed by atoms with Crippen LogP contribution in [0.25, 0.3) is 0 Å². The molecule has 0 radical (unpaired) electrons. The molecule has 2 aromatic rings. The van der Waals surface area contributed by atoms with Gasteiger partial charge in [0.2, 0.25) is 5.95 Å². The Balaban J connectivity index is 1.43. The molecule has 2 N–H and O–H groups in total. The van der Waals surface area contributed by atoms with Gasteiger partial charge in [-0.2, -0.15) is 4.98 Å². The molecule has 0 aromatic carbocycles. The van der Waals surface area contributed by atoms with Crippen LogP contribution in [0.5, 0.6) is 5.88 Å². The number of aromatic nitrogens is 4. The van der Waals surface area contributed by atoms with Gasteiger partial charge in [0.15, 0.2) is 5.82 Å². The highest BCUT2D eigenvalue weighted by Gasteiger charge is 2.37. The molecule has 2 aromatic heterocycles. The Morgan fingerprint density at radius 2 is 2.04 bits per heavy atom. The second-order valence-electron chi connectivity index (χ2n) is 8.10. The molecule has 8 nitrogen and oxygen atoms in total. The van der Waals surface area contributed by atoms with Crippen molar-refractivity contribution < 1.29 is 4.74 Å². The van der Waals surface area contributed by atoms with Gasteiger partial charge < -0.3 is 15.4 Å². The molecule has 9 heteroatoms. The summed E-state index contributed by atoms with van der Waals surface area (Å²) >= 11 is 6.25. The molecule has 1 unspecified atom stereocenters. The van der Waals surface area contributed by atoms with Crippen molar-refractivity contribution in [2.24, 2.45) is 0 Å². The van der Waals surface area contributed by atoms with Gasteiger partial charge in [-0.1, -0.05) is 18.0 Å². The third-order valence-corrected chi connectivity index (χ3v) is 6.38. The van der Waals surface area contributed by atoms with Gasteiger partial charge in [-0.15, -0.1) is 5.10 Å². The van der Waals surface area contributed by atoms with Crippen LogP contribution in [0.3, 0.4) is 0 Å². The van der Waals surface area contributed by atoms with E-state index in [9.17, 15) is 0 Å². The maximum absolute atomic E-state index is 6.25. The zero-order chi connectivity index (χ0) is 19.3. The highest BCUT2D eigenvalue weighted by molar-refractivity contribution is 6.32. The lowest BCUT2D eigenvalue weighted by molar-refractivity contribution is 0.0169. The third-order valence-electron chi connectivity index (χ3n) is 6.10. The van der Waals surface area contributed by atoms with Gasteiger partial charge in [0.25, 0.3) is 5.88 Å². The van der Waals surface area contributed by atoms with Crippen LogP contribution in [0, 0.1) is 6.92 Å². The smallest absolute Gasteiger partial charge is 0.257 e. The van der Waals surface area contributed by atoms with E-state index < -0.39 is 0 Å². The van der Waals surface area contributed by atoms with E-state index in [0.717, 1.165) is 36.9 Å². The molecular formula is C19H26ClN7O. The summed E-state index contributed by atoms with van der Waals surface area (Å²) in [4.78, 5) is 11.4. The Morgan fingerprint density at radius 3 is 2.79 bits per heavy atom. The molecule has 5 rings (SSSR count). The van der Waals surface area contributed by atoms with Crippen molar-refractivity contribution >= 4 is 29.1 Å². The van der Waals surface area contributed by atoms with Crippen molar-refractivity contribution in [1.82, 2.24) is 24.6 Å². The van der Waals surface area contributed by atoms with Crippen LogP contribution in [0.4, 0.5) is 17.5 Å². The lowest BCUT2D eigenvalue weighted by Crippen LogP contribution is -2.55. The fourth-order valence-corrected chi connectivity index (χ4v) is 4.21. The van der Waals surface area contributed by atoms with Crippen LogP contribution in [-0.4, -0.2) is 56.4 Å². The first-order chi connectivity index (χ1) is 13.6. The number of nitrogens with zero attached hydrogens (tertiary/aromatic N) is 5. The molecule has 0 amide bonds. The Labute approximate surface area is 169 Å². The van der Waals surface area contributed by atoms with Gasteiger partial charge in [-0.3, -0.25) is 9.58 Å². The quantitative estimate of drug-likeness (QED) is 0.795. The van der Waals surface area contributed by atoms with E-state index in [2.05, 4.69) is 44.0 Å². The SMILES string of the molecule is Cc1c2c(nn1C1CN(C3CCC3)C1)OCCC(C)Nc1nc(ncc1Cl)N2. The summed E-state index contributed by atoms with van der Waals surface area (Å²) in [5.74, 6) is 1.74. The van der Waals surface area contributed by atoms with E-state index in [1.54, 1.807) is 6.20 Å². The number of nitrogens with one attached hydrogen (secondary N) is 2. The first-order valence-corrected chi connectivity index (χ1v) is 10.5.